The molecule has 0 atom stereocenters. The van der Waals surface area contributed by atoms with Gasteiger partial charge in [0.15, 0.2) is 10.9 Å². The summed E-state index contributed by atoms with van der Waals surface area (Å²) in [4.78, 5) is 23.0. The van der Waals surface area contributed by atoms with Crippen LogP contribution in [0.2, 0.25) is 0 Å². The van der Waals surface area contributed by atoms with Gasteiger partial charge < -0.3 is 14.9 Å². The summed E-state index contributed by atoms with van der Waals surface area (Å²) in [5.74, 6) is -0.408. The molecular weight excluding hydrogens is 405 g/mol. The average Bonchev–Trinajstić information content (AvgIpc) is 2.71. The molecule has 6 nitrogen and oxygen atoms in total. The van der Waals surface area contributed by atoms with Crippen molar-refractivity contribution in [2.45, 2.75) is 24.0 Å². The third kappa shape index (κ3) is 5.60. The molecule has 29 heavy (non-hydrogen) atoms. The molecule has 3 rings (SSSR count). The molecular formula is C19H21F3N4O2S. The predicted molar refractivity (Wildman–Crippen MR) is 104 cm³/mol. The highest BCUT2D eigenvalue weighted by Crippen LogP contribution is 2.32. The Bertz CT molecular complexity index is 854. The second-order valence-electron chi connectivity index (χ2n) is 6.60. The van der Waals surface area contributed by atoms with Crippen LogP contribution >= 0.6 is 11.8 Å². The molecule has 0 amide bonds. The Morgan fingerprint density at radius 1 is 1.14 bits per heavy atom. The van der Waals surface area contributed by atoms with Crippen LogP contribution in [-0.4, -0.2) is 58.7 Å². The van der Waals surface area contributed by atoms with Crippen LogP contribution in [-0.2, 0) is 11.9 Å². The largest absolute Gasteiger partial charge is 0.478 e. The Hall–Kier alpha value is -2.33. The molecule has 1 fully saturated rings. The number of carboxylic acids is 1. The van der Waals surface area contributed by atoms with Crippen molar-refractivity contribution in [2.75, 3.05) is 37.6 Å². The van der Waals surface area contributed by atoms with Crippen molar-refractivity contribution < 1.29 is 23.1 Å². The number of piperazine rings is 1. The third-order valence-corrected chi connectivity index (χ3v) is 5.61. The van der Waals surface area contributed by atoms with Crippen molar-refractivity contribution in [1.29, 1.82) is 0 Å². The van der Waals surface area contributed by atoms with Gasteiger partial charge in [0, 0.05) is 38.0 Å². The SMILES string of the molecule is CCN1CCN(c2cc(C(F)(F)F)nc(SCc3ccc(C(=O)O)cc3)n2)CC1. The fourth-order valence-electron chi connectivity index (χ4n) is 2.97. The number of anilines is 1. The highest BCUT2D eigenvalue weighted by molar-refractivity contribution is 7.98. The Labute approximate surface area is 170 Å². The van der Waals surface area contributed by atoms with E-state index >= 15 is 0 Å². The van der Waals surface area contributed by atoms with Gasteiger partial charge in [-0.2, -0.15) is 13.2 Å². The first-order chi connectivity index (χ1) is 13.8. The number of rotatable bonds is 6. The number of hydrogen-bond acceptors (Lipinski definition) is 6. The van der Waals surface area contributed by atoms with E-state index in [4.69, 9.17) is 5.11 Å². The van der Waals surface area contributed by atoms with Gasteiger partial charge in [0.05, 0.1) is 5.56 Å². The molecule has 0 spiro atoms. The van der Waals surface area contributed by atoms with Crippen LogP contribution in [0, 0.1) is 0 Å². The molecule has 1 saturated heterocycles. The van der Waals surface area contributed by atoms with Gasteiger partial charge in [-0.15, -0.1) is 0 Å². The van der Waals surface area contributed by atoms with E-state index in [9.17, 15) is 18.0 Å². The number of carbonyl (C=O) groups is 1. The van der Waals surface area contributed by atoms with Crippen LogP contribution in [0.15, 0.2) is 35.5 Å². The molecule has 1 aliphatic heterocycles. The number of carboxylic acid groups (broad SMARTS) is 1. The third-order valence-electron chi connectivity index (χ3n) is 4.69. The number of halogens is 3. The topological polar surface area (TPSA) is 69.6 Å². The molecule has 10 heteroatoms. The van der Waals surface area contributed by atoms with E-state index in [1.54, 1.807) is 12.1 Å². The fourth-order valence-corrected chi connectivity index (χ4v) is 3.78. The quantitative estimate of drug-likeness (QED) is 0.559. The number of likely N-dealkylation sites (N-methyl/N-ethyl adjacent to an activating group) is 1. The Balaban J connectivity index is 1.77. The number of benzene rings is 1. The number of hydrogen-bond donors (Lipinski definition) is 1. The normalized spacial score (nSPS) is 15.5. The van der Waals surface area contributed by atoms with Gasteiger partial charge in [-0.25, -0.2) is 14.8 Å². The lowest BCUT2D eigenvalue weighted by molar-refractivity contribution is -0.141. The van der Waals surface area contributed by atoms with Crippen LogP contribution < -0.4 is 4.90 Å². The second-order valence-corrected chi connectivity index (χ2v) is 7.55. The van der Waals surface area contributed by atoms with Crippen LogP contribution in [0.3, 0.4) is 0 Å². The molecule has 0 aliphatic carbocycles. The molecule has 2 heterocycles. The number of alkyl halides is 3. The van der Waals surface area contributed by atoms with Crippen molar-refractivity contribution in [1.82, 2.24) is 14.9 Å². The van der Waals surface area contributed by atoms with Gasteiger partial charge in [-0.1, -0.05) is 30.8 Å². The summed E-state index contributed by atoms with van der Waals surface area (Å²) >= 11 is 1.09. The van der Waals surface area contributed by atoms with E-state index < -0.39 is 17.8 Å². The zero-order valence-corrected chi connectivity index (χ0v) is 16.6. The smallest absolute Gasteiger partial charge is 0.433 e. The standard InChI is InChI=1S/C19H21F3N4O2S/c1-2-25-7-9-26(10-8-25)16-11-15(19(20,21)22)23-18(24-16)29-12-13-3-5-14(6-4-13)17(27)28/h3-6,11H,2,7-10,12H2,1H3,(H,27,28). The molecule has 0 radical (unpaired) electrons. The summed E-state index contributed by atoms with van der Waals surface area (Å²) in [5, 5.41) is 8.99. The summed E-state index contributed by atoms with van der Waals surface area (Å²) in [5.41, 5.74) is -0.0224. The minimum atomic E-state index is -4.55. The fraction of sp³-hybridized carbons (Fsp3) is 0.421. The van der Waals surface area contributed by atoms with E-state index in [1.807, 2.05) is 4.90 Å². The van der Waals surface area contributed by atoms with Gasteiger partial charge in [0.1, 0.15) is 5.82 Å². The lowest BCUT2D eigenvalue weighted by Crippen LogP contribution is -2.46. The van der Waals surface area contributed by atoms with Gasteiger partial charge >= 0.3 is 12.1 Å². The maximum atomic E-state index is 13.3. The van der Waals surface area contributed by atoms with Crippen molar-refractivity contribution >= 4 is 23.5 Å². The minimum Gasteiger partial charge on any atom is -0.478 e. The summed E-state index contributed by atoms with van der Waals surface area (Å²) < 4.78 is 40.0. The molecule has 0 unspecified atom stereocenters. The van der Waals surface area contributed by atoms with Crippen LogP contribution in [0.4, 0.5) is 19.0 Å². The lowest BCUT2D eigenvalue weighted by Gasteiger charge is -2.35. The summed E-state index contributed by atoms with van der Waals surface area (Å²) in [7, 11) is 0. The molecule has 1 aromatic carbocycles. The van der Waals surface area contributed by atoms with Gasteiger partial charge in [-0.3, -0.25) is 0 Å². The van der Waals surface area contributed by atoms with Gasteiger partial charge in [-0.05, 0) is 24.2 Å². The Kier molecular flexibility index (Phi) is 6.63. The number of thioether (sulfide) groups is 1. The maximum absolute atomic E-state index is 13.3. The van der Waals surface area contributed by atoms with E-state index in [0.29, 0.717) is 18.8 Å². The molecule has 2 aromatic rings. The van der Waals surface area contributed by atoms with Crippen LogP contribution in [0.1, 0.15) is 28.5 Å². The number of aromatic nitrogens is 2. The van der Waals surface area contributed by atoms with Crippen molar-refractivity contribution in [3.63, 3.8) is 0 Å². The molecule has 0 saturated carbocycles. The first kappa shape index (κ1) is 21.4. The van der Waals surface area contributed by atoms with Crippen LogP contribution in [0.5, 0.6) is 0 Å². The lowest BCUT2D eigenvalue weighted by atomic mass is 10.1. The van der Waals surface area contributed by atoms with E-state index in [0.717, 1.165) is 43.0 Å². The van der Waals surface area contributed by atoms with E-state index in [1.165, 1.54) is 12.1 Å². The number of aromatic carboxylic acids is 1. The van der Waals surface area contributed by atoms with Gasteiger partial charge in [0.2, 0.25) is 0 Å². The Morgan fingerprint density at radius 3 is 2.34 bits per heavy atom. The average molecular weight is 426 g/mol. The highest BCUT2D eigenvalue weighted by Gasteiger charge is 2.34. The molecule has 156 valence electrons. The van der Waals surface area contributed by atoms with E-state index in [2.05, 4.69) is 21.8 Å². The molecule has 1 aromatic heterocycles. The predicted octanol–water partition coefficient (Wildman–Crippen LogP) is 3.63. The van der Waals surface area contributed by atoms with Crippen molar-refractivity contribution in [3.05, 3.63) is 47.2 Å². The second kappa shape index (κ2) is 9.00. The molecule has 0 bridgehead atoms. The number of nitrogens with zero attached hydrogens (tertiary/aromatic N) is 4. The zero-order chi connectivity index (χ0) is 21.0. The van der Waals surface area contributed by atoms with Gasteiger partial charge in [0.25, 0.3) is 0 Å². The minimum absolute atomic E-state index is 0.0510. The summed E-state index contributed by atoms with van der Waals surface area (Å²) in [6.45, 7) is 5.75. The zero-order valence-electron chi connectivity index (χ0n) is 15.8. The summed E-state index contributed by atoms with van der Waals surface area (Å²) in [6.07, 6.45) is -4.55. The molecule has 1 N–H and O–H groups in total. The highest BCUT2D eigenvalue weighted by atomic mass is 32.2. The Morgan fingerprint density at radius 2 is 1.79 bits per heavy atom. The first-order valence-electron chi connectivity index (χ1n) is 9.15. The maximum Gasteiger partial charge on any atom is 0.433 e. The van der Waals surface area contributed by atoms with E-state index in [-0.39, 0.29) is 16.5 Å². The van der Waals surface area contributed by atoms with Crippen molar-refractivity contribution in [3.8, 4) is 0 Å². The summed E-state index contributed by atoms with van der Waals surface area (Å²) in [6, 6.07) is 7.20. The monoisotopic (exact) mass is 426 g/mol. The van der Waals surface area contributed by atoms with Crippen LogP contribution in [0.25, 0.3) is 0 Å². The van der Waals surface area contributed by atoms with Crippen molar-refractivity contribution in [2.24, 2.45) is 0 Å². The first-order valence-corrected chi connectivity index (χ1v) is 10.1. The molecule has 1 aliphatic rings.